The van der Waals surface area contributed by atoms with E-state index in [-0.39, 0.29) is 5.91 Å². The fraction of sp³-hybridized carbons (Fsp3) is 0.125. The topological polar surface area (TPSA) is 62.1 Å². The molecule has 3 rings (SSSR count). The van der Waals surface area contributed by atoms with E-state index in [1.165, 1.54) is 0 Å². The van der Waals surface area contributed by atoms with Crippen LogP contribution in [0.3, 0.4) is 0 Å². The van der Waals surface area contributed by atoms with E-state index in [0.717, 1.165) is 23.4 Å². The summed E-state index contributed by atoms with van der Waals surface area (Å²) in [5.74, 6) is 0.662. The molecule has 0 aliphatic carbocycles. The predicted molar refractivity (Wildman–Crippen MR) is 74.8 cm³/mol. The molecule has 20 heavy (non-hydrogen) atoms. The van der Waals surface area contributed by atoms with Gasteiger partial charge in [0.2, 0.25) is 0 Å². The highest BCUT2D eigenvalue weighted by Crippen LogP contribution is 2.28. The van der Waals surface area contributed by atoms with E-state index in [4.69, 9.17) is 10.00 Å². The van der Waals surface area contributed by atoms with Crippen molar-refractivity contribution in [1.82, 2.24) is 0 Å². The maximum Gasteiger partial charge on any atom is 0.255 e. The number of amides is 1. The van der Waals surface area contributed by atoms with Gasteiger partial charge in [0.15, 0.2) is 0 Å². The molecule has 1 aliphatic rings. The summed E-state index contributed by atoms with van der Waals surface area (Å²) in [6.07, 6.45) is 0.864. The van der Waals surface area contributed by atoms with Crippen LogP contribution >= 0.6 is 0 Å². The van der Waals surface area contributed by atoms with E-state index in [9.17, 15) is 4.79 Å². The standard InChI is InChI=1S/C16H12N2O2/c17-10-11-2-1-3-13(8-11)16(19)18-14-4-5-15-12(9-14)6-7-20-15/h1-5,8-9H,6-7H2,(H,18,19). The fourth-order valence-corrected chi connectivity index (χ4v) is 2.20. The third kappa shape index (κ3) is 2.34. The van der Waals surface area contributed by atoms with Gasteiger partial charge < -0.3 is 10.1 Å². The number of ether oxygens (including phenoxy) is 1. The molecule has 0 aromatic heterocycles. The lowest BCUT2D eigenvalue weighted by Gasteiger charge is -2.07. The summed E-state index contributed by atoms with van der Waals surface area (Å²) in [5, 5.41) is 11.7. The molecule has 0 radical (unpaired) electrons. The fourth-order valence-electron chi connectivity index (χ4n) is 2.20. The van der Waals surface area contributed by atoms with Crippen molar-refractivity contribution in [3.8, 4) is 11.8 Å². The number of nitrogens with one attached hydrogen (secondary N) is 1. The van der Waals surface area contributed by atoms with Crippen LogP contribution in [-0.2, 0) is 6.42 Å². The number of hydrogen-bond acceptors (Lipinski definition) is 3. The Labute approximate surface area is 116 Å². The molecule has 1 heterocycles. The van der Waals surface area contributed by atoms with Crippen LogP contribution < -0.4 is 10.1 Å². The minimum Gasteiger partial charge on any atom is -0.493 e. The van der Waals surface area contributed by atoms with Crippen LogP contribution in [0.5, 0.6) is 5.75 Å². The second-order valence-corrected chi connectivity index (χ2v) is 4.57. The average molecular weight is 264 g/mol. The smallest absolute Gasteiger partial charge is 0.255 e. The molecule has 1 amide bonds. The van der Waals surface area contributed by atoms with E-state index in [2.05, 4.69) is 5.32 Å². The molecule has 1 N–H and O–H groups in total. The van der Waals surface area contributed by atoms with Crippen LogP contribution in [0.2, 0.25) is 0 Å². The van der Waals surface area contributed by atoms with Gasteiger partial charge >= 0.3 is 0 Å². The molecular formula is C16H12N2O2. The highest BCUT2D eigenvalue weighted by atomic mass is 16.5. The third-order valence-corrected chi connectivity index (χ3v) is 3.20. The van der Waals surface area contributed by atoms with Crippen molar-refractivity contribution >= 4 is 11.6 Å². The number of anilines is 1. The Kier molecular flexibility index (Phi) is 3.10. The summed E-state index contributed by atoms with van der Waals surface area (Å²) >= 11 is 0. The third-order valence-electron chi connectivity index (χ3n) is 3.20. The summed E-state index contributed by atoms with van der Waals surface area (Å²) in [6, 6.07) is 14.3. The number of carbonyl (C=O) groups excluding carboxylic acids is 1. The van der Waals surface area contributed by atoms with Crippen molar-refractivity contribution < 1.29 is 9.53 Å². The highest BCUT2D eigenvalue weighted by Gasteiger charge is 2.13. The van der Waals surface area contributed by atoms with Gasteiger partial charge in [-0.15, -0.1) is 0 Å². The normalized spacial score (nSPS) is 12.2. The first kappa shape index (κ1) is 12.2. The van der Waals surface area contributed by atoms with E-state index in [1.54, 1.807) is 24.3 Å². The first-order valence-electron chi connectivity index (χ1n) is 6.33. The van der Waals surface area contributed by atoms with Crippen molar-refractivity contribution in [2.24, 2.45) is 0 Å². The van der Waals surface area contributed by atoms with Gasteiger partial charge in [-0.2, -0.15) is 5.26 Å². The number of carbonyl (C=O) groups is 1. The summed E-state index contributed by atoms with van der Waals surface area (Å²) in [4.78, 5) is 12.1. The van der Waals surface area contributed by atoms with Gasteiger partial charge in [-0.25, -0.2) is 0 Å². The van der Waals surface area contributed by atoms with Crippen LogP contribution in [-0.4, -0.2) is 12.5 Å². The molecule has 0 unspecified atom stereocenters. The van der Waals surface area contributed by atoms with Gasteiger partial charge in [-0.3, -0.25) is 4.79 Å². The average Bonchev–Trinajstić information content (AvgIpc) is 2.95. The molecule has 4 nitrogen and oxygen atoms in total. The lowest BCUT2D eigenvalue weighted by molar-refractivity contribution is 0.102. The van der Waals surface area contributed by atoms with Crippen molar-refractivity contribution in [3.05, 3.63) is 59.2 Å². The minimum atomic E-state index is -0.221. The van der Waals surface area contributed by atoms with Crippen LogP contribution in [0.1, 0.15) is 21.5 Å². The minimum absolute atomic E-state index is 0.221. The van der Waals surface area contributed by atoms with E-state index in [1.807, 2.05) is 24.3 Å². The van der Waals surface area contributed by atoms with Gasteiger partial charge in [-0.05, 0) is 42.0 Å². The molecule has 0 saturated carbocycles. The summed E-state index contributed by atoms with van der Waals surface area (Å²) in [7, 11) is 0. The SMILES string of the molecule is N#Cc1cccc(C(=O)Nc2ccc3c(c2)CCO3)c1. The first-order valence-corrected chi connectivity index (χ1v) is 6.33. The Morgan fingerprint density at radius 1 is 1.25 bits per heavy atom. The largest absolute Gasteiger partial charge is 0.493 e. The van der Waals surface area contributed by atoms with Crippen LogP contribution in [0.15, 0.2) is 42.5 Å². The zero-order valence-corrected chi connectivity index (χ0v) is 10.7. The molecule has 0 bridgehead atoms. The Bertz CT molecular complexity index is 717. The van der Waals surface area contributed by atoms with Crippen molar-refractivity contribution in [1.29, 1.82) is 5.26 Å². The molecule has 98 valence electrons. The summed E-state index contributed by atoms with van der Waals surface area (Å²) in [6.45, 7) is 0.691. The van der Waals surface area contributed by atoms with E-state index >= 15 is 0 Å². The molecular weight excluding hydrogens is 252 g/mol. The van der Waals surface area contributed by atoms with Crippen LogP contribution in [0.25, 0.3) is 0 Å². The summed E-state index contributed by atoms with van der Waals surface area (Å²) < 4.78 is 5.42. The number of rotatable bonds is 2. The molecule has 0 fully saturated rings. The van der Waals surface area contributed by atoms with Crippen molar-refractivity contribution in [2.75, 3.05) is 11.9 Å². The lowest BCUT2D eigenvalue weighted by Crippen LogP contribution is -2.12. The Morgan fingerprint density at radius 2 is 2.15 bits per heavy atom. The summed E-state index contributed by atoms with van der Waals surface area (Å²) in [5.41, 5.74) is 2.79. The molecule has 0 saturated heterocycles. The molecule has 0 spiro atoms. The Balaban J connectivity index is 1.80. The number of benzene rings is 2. The molecule has 1 aliphatic heterocycles. The van der Waals surface area contributed by atoms with Crippen molar-refractivity contribution in [2.45, 2.75) is 6.42 Å². The first-order chi connectivity index (χ1) is 9.76. The lowest BCUT2D eigenvalue weighted by atomic mass is 10.1. The van der Waals surface area contributed by atoms with Crippen LogP contribution in [0, 0.1) is 11.3 Å². The maximum absolute atomic E-state index is 12.1. The molecule has 2 aromatic rings. The predicted octanol–water partition coefficient (Wildman–Crippen LogP) is 2.75. The monoisotopic (exact) mass is 264 g/mol. The Morgan fingerprint density at radius 3 is 3.00 bits per heavy atom. The second-order valence-electron chi connectivity index (χ2n) is 4.57. The zero-order chi connectivity index (χ0) is 13.9. The van der Waals surface area contributed by atoms with Gasteiger partial charge in [0, 0.05) is 17.7 Å². The Hall–Kier alpha value is -2.80. The van der Waals surface area contributed by atoms with Gasteiger partial charge in [-0.1, -0.05) is 6.07 Å². The van der Waals surface area contributed by atoms with Gasteiger partial charge in [0.1, 0.15) is 5.75 Å². The highest BCUT2D eigenvalue weighted by molar-refractivity contribution is 6.04. The van der Waals surface area contributed by atoms with Crippen LogP contribution in [0.4, 0.5) is 5.69 Å². The van der Waals surface area contributed by atoms with Gasteiger partial charge in [0.25, 0.3) is 5.91 Å². The zero-order valence-electron chi connectivity index (χ0n) is 10.7. The van der Waals surface area contributed by atoms with E-state index < -0.39 is 0 Å². The number of fused-ring (bicyclic) bond motifs is 1. The number of nitriles is 1. The van der Waals surface area contributed by atoms with Crippen molar-refractivity contribution in [3.63, 3.8) is 0 Å². The quantitative estimate of drug-likeness (QED) is 0.907. The molecule has 0 atom stereocenters. The maximum atomic E-state index is 12.1. The number of hydrogen-bond donors (Lipinski definition) is 1. The van der Waals surface area contributed by atoms with E-state index in [0.29, 0.717) is 17.7 Å². The molecule has 4 heteroatoms. The number of nitrogens with zero attached hydrogens (tertiary/aromatic N) is 1. The van der Waals surface area contributed by atoms with Gasteiger partial charge in [0.05, 0.1) is 18.2 Å². The second kappa shape index (κ2) is 5.06. The molecule has 2 aromatic carbocycles.